The molecule has 2 aliphatic rings. The fraction of sp³-hybridized carbons (Fsp3) is 0.481. The van der Waals surface area contributed by atoms with E-state index in [4.69, 9.17) is 4.74 Å². The van der Waals surface area contributed by atoms with Gasteiger partial charge in [0.05, 0.1) is 13.2 Å². The fourth-order valence-electron chi connectivity index (χ4n) is 5.26. The molecule has 8 heteroatoms. The van der Waals surface area contributed by atoms with Crippen molar-refractivity contribution in [1.82, 2.24) is 15.1 Å². The van der Waals surface area contributed by atoms with E-state index in [1.807, 2.05) is 24.3 Å². The van der Waals surface area contributed by atoms with E-state index >= 15 is 0 Å². The summed E-state index contributed by atoms with van der Waals surface area (Å²) in [4.78, 5) is 30.0. The van der Waals surface area contributed by atoms with Crippen molar-refractivity contribution in [2.75, 3.05) is 45.2 Å². The third kappa shape index (κ3) is 6.51. The van der Waals surface area contributed by atoms with Crippen LogP contribution in [0, 0.1) is 11.7 Å². The van der Waals surface area contributed by atoms with Crippen molar-refractivity contribution in [2.45, 2.75) is 38.1 Å². The number of nitrogens with zero attached hydrogens (tertiary/aromatic N) is 2. The molecule has 7 nitrogen and oxygen atoms in total. The van der Waals surface area contributed by atoms with Gasteiger partial charge in [-0.05, 0) is 55.0 Å². The van der Waals surface area contributed by atoms with Gasteiger partial charge in [-0.15, -0.1) is 0 Å². The molecule has 1 saturated carbocycles. The van der Waals surface area contributed by atoms with Crippen LogP contribution in [0.15, 0.2) is 48.5 Å². The van der Waals surface area contributed by atoms with Gasteiger partial charge in [-0.1, -0.05) is 37.1 Å². The maximum Gasteiger partial charge on any atom is 0.321 e. The number of nitrogens with one attached hydrogen (secondary N) is 2. The van der Waals surface area contributed by atoms with Crippen molar-refractivity contribution in [3.63, 3.8) is 0 Å². The zero-order chi connectivity index (χ0) is 24.6. The lowest BCUT2D eigenvalue weighted by atomic mass is 9.95. The number of benzene rings is 2. The maximum atomic E-state index is 13.4. The first kappa shape index (κ1) is 25.0. The average molecular weight is 483 g/mol. The first-order chi connectivity index (χ1) is 17.0. The van der Waals surface area contributed by atoms with Gasteiger partial charge in [0.25, 0.3) is 0 Å². The highest BCUT2D eigenvalue weighted by molar-refractivity contribution is 5.89. The molecule has 1 atom stereocenters. The minimum absolute atomic E-state index is 0.0736. The van der Waals surface area contributed by atoms with Gasteiger partial charge >= 0.3 is 6.03 Å². The topological polar surface area (TPSA) is 73.9 Å². The third-order valence-electron chi connectivity index (χ3n) is 7.07. The normalized spacial score (nSPS) is 17.7. The molecular weight excluding hydrogens is 447 g/mol. The van der Waals surface area contributed by atoms with Crippen molar-refractivity contribution in [3.8, 4) is 5.75 Å². The van der Waals surface area contributed by atoms with E-state index < -0.39 is 0 Å². The van der Waals surface area contributed by atoms with Crippen LogP contribution in [0.25, 0.3) is 0 Å². The molecule has 1 heterocycles. The summed E-state index contributed by atoms with van der Waals surface area (Å²) in [6.45, 7) is 2.88. The van der Waals surface area contributed by atoms with Crippen LogP contribution in [0.2, 0.25) is 0 Å². The quantitative estimate of drug-likeness (QED) is 0.599. The largest absolute Gasteiger partial charge is 0.496 e. The molecule has 0 spiro atoms. The molecular formula is C27H35FN4O3. The Kier molecular flexibility index (Phi) is 8.58. The van der Waals surface area contributed by atoms with E-state index in [9.17, 15) is 14.0 Å². The monoisotopic (exact) mass is 482 g/mol. The Morgan fingerprint density at radius 3 is 2.51 bits per heavy atom. The van der Waals surface area contributed by atoms with Crippen molar-refractivity contribution in [2.24, 2.45) is 5.92 Å². The number of methoxy groups -OCH3 is 1. The highest BCUT2D eigenvalue weighted by Gasteiger charge is 2.37. The molecule has 188 valence electrons. The van der Waals surface area contributed by atoms with Crippen LogP contribution < -0.4 is 15.4 Å². The van der Waals surface area contributed by atoms with Crippen molar-refractivity contribution < 1.29 is 18.7 Å². The Balaban J connectivity index is 1.32. The Labute approximate surface area is 206 Å². The molecule has 2 aromatic carbocycles. The first-order valence-electron chi connectivity index (χ1n) is 12.5. The van der Waals surface area contributed by atoms with Crippen LogP contribution in [0.3, 0.4) is 0 Å². The third-order valence-corrected chi connectivity index (χ3v) is 7.07. The molecule has 0 bridgehead atoms. The van der Waals surface area contributed by atoms with E-state index in [2.05, 4.69) is 15.5 Å². The first-order valence-corrected chi connectivity index (χ1v) is 12.5. The molecule has 0 aromatic heterocycles. The standard InChI is InChI=1S/C27H35FN4O3/c1-35-24-12-5-4-7-20(24)13-14-29-26(33)25(21-8-2-3-9-21)31-15-17-32(18-16-31)27(34)30-23-11-6-10-22(28)19-23/h4-7,10-12,19,21,25H,2-3,8-9,13-18H2,1H3,(H,29,33)(H,30,34)/t25-/m0/s1. The minimum Gasteiger partial charge on any atom is -0.496 e. The summed E-state index contributed by atoms with van der Waals surface area (Å²) in [5.41, 5.74) is 1.52. The van der Waals surface area contributed by atoms with E-state index in [0.29, 0.717) is 50.7 Å². The summed E-state index contributed by atoms with van der Waals surface area (Å²) in [6.07, 6.45) is 5.15. The Bertz CT molecular complexity index is 1000. The van der Waals surface area contributed by atoms with Crippen LogP contribution in [0.5, 0.6) is 5.75 Å². The van der Waals surface area contributed by atoms with E-state index in [1.165, 1.54) is 12.1 Å². The number of hydrogen-bond acceptors (Lipinski definition) is 4. The number of piperazine rings is 1. The number of anilines is 1. The van der Waals surface area contributed by atoms with Gasteiger partial charge in [0.2, 0.25) is 5.91 Å². The number of para-hydroxylation sites is 1. The Hall–Kier alpha value is -3.13. The lowest BCUT2D eigenvalue weighted by Crippen LogP contribution is -2.58. The summed E-state index contributed by atoms with van der Waals surface area (Å²) in [6, 6.07) is 13.3. The molecule has 3 amide bonds. The van der Waals surface area contributed by atoms with Crippen LogP contribution in [0.4, 0.5) is 14.9 Å². The molecule has 2 fully saturated rings. The molecule has 1 aliphatic carbocycles. The minimum atomic E-state index is -0.385. The van der Waals surface area contributed by atoms with Crippen LogP contribution >= 0.6 is 0 Å². The second-order valence-corrected chi connectivity index (χ2v) is 9.31. The zero-order valence-corrected chi connectivity index (χ0v) is 20.3. The van der Waals surface area contributed by atoms with E-state index in [-0.39, 0.29) is 23.8 Å². The second-order valence-electron chi connectivity index (χ2n) is 9.31. The summed E-state index contributed by atoms with van der Waals surface area (Å²) >= 11 is 0. The van der Waals surface area contributed by atoms with Crippen LogP contribution in [-0.2, 0) is 11.2 Å². The molecule has 4 rings (SSSR count). The average Bonchev–Trinajstić information content (AvgIpc) is 3.39. The van der Waals surface area contributed by atoms with E-state index in [1.54, 1.807) is 24.1 Å². The molecule has 0 unspecified atom stereocenters. The van der Waals surface area contributed by atoms with Gasteiger partial charge in [0, 0.05) is 38.4 Å². The molecule has 1 saturated heterocycles. The predicted molar refractivity (Wildman–Crippen MR) is 134 cm³/mol. The zero-order valence-electron chi connectivity index (χ0n) is 20.3. The summed E-state index contributed by atoms with van der Waals surface area (Å²) in [7, 11) is 1.66. The number of rotatable bonds is 8. The molecule has 1 aliphatic heterocycles. The van der Waals surface area contributed by atoms with Crippen molar-refractivity contribution in [3.05, 3.63) is 59.9 Å². The lowest BCUT2D eigenvalue weighted by Gasteiger charge is -2.40. The smallest absolute Gasteiger partial charge is 0.321 e. The highest BCUT2D eigenvalue weighted by atomic mass is 19.1. The van der Waals surface area contributed by atoms with Gasteiger partial charge in [0.1, 0.15) is 11.6 Å². The van der Waals surface area contributed by atoms with Gasteiger partial charge in [-0.25, -0.2) is 9.18 Å². The molecule has 35 heavy (non-hydrogen) atoms. The Morgan fingerprint density at radius 2 is 1.80 bits per heavy atom. The highest BCUT2D eigenvalue weighted by Crippen LogP contribution is 2.31. The van der Waals surface area contributed by atoms with Gasteiger partial charge in [-0.2, -0.15) is 0 Å². The number of amides is 3. The van der Waals surface area contributed by atoms with Crippen LogP contribution in [-0.4, -0.2) is 67.6 Å². The number of halogens is 1. The summed E-state index contributed by atoms with van der Waals surface area (Å²) in [5, 5.41) is 5.93. The molecule has 2 N–H and O–H groups in total. The van der Waals surface area contributed by atoms with Gasteiger partial charge < -0.3 is 20.3 Å². The van der Waals surface area contributed by atoms with Crippen molar-refractivity contribution >= 4 is 17.6 Å². The predicted octanol–water partition coefficient (Wildman–Crippen LogP) is 3.90. The summed E-state index contributed by atoms with van der Waals surface area (Å²) in [5.74, 6) is 0.865. The Morgan fingerprint density at radius 1 is 1.06 bits per heavy atom. The SMILES string of the molecule is COc1ccccc1CCNC(=O)[C@H](C1CCCC1)N1CCN(C(=O)Nc2cccc(F)c2)CC1. The van der Waals surface area contributed by atoms with Gasteiger partial charge in [0.15, 0.2) is 0 Å². The van der Waals surface area contributed by atoms with Crippen molar-refractivity contribution in [1.29, 1.82) is 0 Å². The second kappa shape index (κ2) is 12.0. The number of ether oxygens (including phenoxy) is 1. The number of urea groups is 1. The van der Waals surface area contributed by atoms with Gasteiger partial charge in [-0.3, -0.25) is 9.69 Å². The maximum absolute atomic E-state index is 13.4. The lowest BCUT2D eigenvalue weighted by molar-refractivity contribution is -0.129. The summed E-state index contributed by atoms with van der Waals surface area (Å²) < 4.78 is 18.9. The van der Waals surface area contributed by atoms with Crippen LogP contribution in [0.1, 0.15) is 31.2 Å². The number of carbonyl (C=O) groups is 2. The number of carbonyl (C=O) groups excluding carboxylic acids is 2. The fourth-order valence-corrected chi connectivity index (χ4v) is 5.26. The number of hydrogen-bond donors (Lipinski definition) is 2. The molecule has 0 radical (unpaired) electrons. The van der Waals surface area contributed by atoms with E-state index in [0.717, 1.165) is 37.0 Å². The molecule has 2 aromatic rings.